The van der Waals surface area contributed by atoms with Gasteiger partial charge < -0.3 is 19.9 Å². The zero-order chi connectivity index (χ0) is 10.9. The molecule has 1 aliphatic carbocycles. The molecule has 4 nitrogen and oxygen atoms in total. The molecule has 0 aromatic heterocycles. The summed E-state index contributed by atoms with van der Waals surface area (Å²) in [6.45, 7) is 7.41. The molecule has 0 aromatic rings. The van der Waals surface area contributed by atoms with Crippen LogP contribution < -0.4 is 5.32 Å². The van der Waals surface area contributed by atoms with Crippen molar-refractivity contribution in [1.82, 2.24) is 5.32 Å². The number of ether oxygens (including phenoxy) is 2. The van der Waals surface area contributed by atoms with Crippen LogP contribution in [-0.4, -0.2) is 41.3 Å². The third-order valence-electron chi connectivity index (χ3n) is 4.10. The molecule has 2 saturated heterocycles. The average molecular weight is 213 g/mol. The SMILES string of the molecule is CC1(C)O[C@@H]2C[C@](C)(O)[C@H]3CNC[C@@]23O1. The molecule has 4 heteroatoms. The van der Waals surface area contributed by atoms with Crippen LogP contribution in [0.3, 0.4) is 0 Å². The first-order chi connectivity index (χ1) is 6.86. The molecule has 15 heavy (non-hydrogen) atoms. The van der Waals surface area contributed by atoms with Gasteiger partial charge in [-0.25, -0.2) is 0 Å². The Hall–Kier alpha value is -0.160. The van der Waals surface area contributed by atoms with Crippen molar-refractivity contribution >= 4 is 0 Å². The van der Waals surface area contributed by atoms with Crippen molar-refractivity contribution in [3.05, 3.63) is 0 Å². The molecule has 2 aliphatic heterocycles. The van der Waals surface area contributed by atoms with E-state index >= 15 is 0 Å². The minimum Gasteiger partial charge on any atom is -0.390 e. The molecule has 3 fully saturated rings. The molecule has 0 unspecified atom stereocenters. The molecule has 86 valence electrons. The van der Waals surface area contributed by atoms with Gasteiger partial charge in [0.1, 0.15) is 5.60 Å². The van der Waals surface area contributed by atoms with Crippen LogP contribution in [0.1, 0.15) is 27.2 Å². The maximum Gasteiger partial charge on any atom is 0.164 e. The molecule has 2 N–H and O–H groups in total. The third kappa shape index (κ3) is 1.16. The number of rotatable bonds is 0. The van der Waals surface area contributed by atoms with Gasteiger partial charge in [-0.1, -0.05) is 0 Å². The van der Waals surface area contributed by atoms with Crippen molar-refractivity contribution in [2.75, 3.05) is 13.1 Å². The van der Waals surface area contributed by atoms with Gasteiger partial charge in [-0.2, -0.15) is 0 Å². The summed E-state index contributed by atoms with van der Waals surface area (Å²) in [6.07, 6.45) is 0.713. The van der Waals surface area contributed by atoms with Crippen molar-refractivity contribution in [1.29, 1.82) is 0 Å². The lowest BCUT2D eigenvalue weighted by molar-refractivity contribution is -0.188. The highest BCUT2D eigenvalue weighted by molar-refractivity contribution is 5.18. The lowest BCUT2D eigenvalue weighted by Crippen LogP contribution is -2.46. The Labute approximate surface area is 89.9 Å². The quantitative estimate of drug-likeness (QED) is 0.605. The Morgan fingerprint density at radius 3 is 2.80 bits per heavy atom. The second-order valence-electron chi connectivity index (χ2n) is 5.81. The van der Waals surface area contributed by atoms with Crippen LogP contribution in [0.15, 0.2) is 0 Å². The molecule has 1 spiro atoms. The van der Waals surface area contributed by atoms with Gasteiger partial charge in [0.25, 0.3) is 0 Å². The highest BCUT2D eigenvalue weighted by Crippen LogP contribution is 2.55. The van der Waals surface area contributed by atoms with Gasteiger partial charge in [0.2, 0.25) is 0 Å². The molecule has 3 aliphatic rings. The van der Waals surface area contributed by atoms with Gasteiger partial charge in [-0.15, -0.1) is 0 Å². The van der Waals surface area contributed by atoms with E-state index < -0.39 is 11.4 Å². The van der Waals surface area contributed by atoms with Gasteiger partial charge in [-0.3, -0.25) is 0 Å². The van der Waals surface area contributed by atoms with Crippen LogP contribution in [-0.2, 0) is 9.47 Å². The lowest BCUT2D eigenvalue weighted by atomic mass is 9.86. The highest BCUT2D eigenvalue weighted by atomic mass is 16.8. The van der Waals surface area contributed by atoms with E-state index in [-0.39, 0.29) is 17.6 Å². The van der Waals surface area contributed by atoms with Crippen LogP contribution in [0.5, 0.6) is 0 Å². The summed E-state index contributed by atoms with van der Waals surface area (Å²) in [5.41, 5.74) is -0.961. The molecule has 0 radical (unpaired) electrons. The maximum atomic E-state index is 10.3. The van der Waals surface area contributed by atoms with E-state index in [2.05, 4.69) is 5.32 Å². The minimum absolute atomic E-state index is 0.0301. The normalized spacial score (nSPS) is 56.8. The summed E-state index contributed by atoms with van der Waals surface area (Å²) in [6, 6.07) is 0. The summed E-state index contributed by atoms with van der Waals surface area (Å²) in [5.74, 6) is -0.359. The Kier molecular flexibility index (Phi) is 1.71. The summed E-state index contributed by atoms with van der Waals surface area (Å²) in [4.78, 5) is 0. The third-order valence-corrected chi connectivity index (χ3v) is 4.10. The molecule has 2 heterocycles. The van der Waals surface area contributed by atoms with Crippen molar-refractivity contribution in [3.63, 3.8) is 0 Å². The summed E-state index contributed by atoms with van der Waals surface area (Å²) >= 11 is 0. The van der Waals surface area contributed by atoms with Crippen LogP contribution in [0.2, 0.25) is 0 Å². The molecule has 1 saturated carbocycles. The Morgan fingerprint density at radius 2 is 2.07 bits per heavy atom. The zero-order valence-corrected chi connectivity index (χ0v) is 9.54. The largest absolute Gasteiger partial charge is 0.390 e. The summed E-state index contributed by atoms with van der Waals surface area (Å²) in [7, 11) is 0. The van der Waals surface area contributed by atoms with Crippen molar-refractivity contribution in [3.8, 4) is 0 Å². The molecular weight excluding hydrogens is 194 g/mol. The lowest BCUT2D eigenvalue weighted by Gasteiger charge is -2.32. The molecule has 0 aromatic carbocycles. The first kappa shape index (κ1) is 10.0. The number of aliphatic hydroxyl groups is 1. The molecule has 4 atom stereocenters. The minimum atomic E-state index is -0.662. The van der Waals surface area contributed by atoms with E-state index in [1.54, 1.807) is 0 Å². The summed E-state index contributed by atoms with van der Waals surface area (Å²) in [5, 5.41) is 13.7. The average Bonchev–Trinajstić information content (AvgIpc) is 2.59. The smallest absolute Gasteiger partial charge is 0.164 e. The second kappa shape index (κ2) is 2.56. The predicted octanol–water partition coefficient (Wildman–Crippen LogP) is 0.251. The van der Waals surface area contributed by atoms with E-state index in [1.807, 2.05) is 20.8 Å². The fourth-order valence-corrected chi connectivity index (χ4v) is 3.62. The Morgan fingerprint density at radius 1 is 1.33 bits per heavy atom. The second-order valence-corrected chi connectivity index (χ2v) is 5.81. The monoisotopic (exact) mass is 213 g/mol. The summed E-state index contributed by atoms with van der Waals surface area (Å²) < 4.78 is 12.0. The van der Waals surface area contributed by atoms with E-state index in [0.29, 0.717) is 6.42 Å². The van der Waals surface area contributed by atoms with Crippen molar-refractivity contribution in [2.24, 2.45) is 5.92 Å². The topological polar surface area (TPSA) is 50.7 Å². The predicted molar refractivity (Wildman–Crippen MR) is 54.4 cm³/mol. The van der Waals surface area contributed by atoms with Gasteiger partial charge in [0.15, 0.2) is 5.79 Å². The fraction of sp³-hybridized carbons (Fsp3) is 1.00. The number of hydrogen-bond acceptors (Lipinski definition) is 4. The number of hydrogen-bond donors (Lipinski definition) is 2. The Balaban J connectivity index is 2.00. The zero-order valence-electron chi connectivity index (χ0n) is 9.54. The first-order valence-electron chi connectivity index (χ1n) is 5.67. The van der Waals surface area contributed by atoms with Crippen LogP contribution >= 0.6 is 0 Å². The van der Waals surface area contributed by atoms with Crippen molar-refractivity contribution in [2.45, 2.75) is 50.3 Å². The molecule has 3 rings (SSSR count). The first-order valence-corrected chi connectivity index (χ1v) is 5.67. The van der Waals surface area contributed by atoms with Crippen molar-refractivity contribution < 1.29 is 14.6 Å². The molecular formula is C11H19NO3. The van der Waals surface area contributed by atoms with Crippen LogP contribution in [0.25, 0.3) is 0 Å². The maximum absolute atomic E-state index is 10.3. The van der Waals surface area contributed by atoms with E-state index in [9.17, 15) is 5.11 Å². The van der Waals surface area contributed by atoms with Gasteiger partial charge in [0, 0.05) is 25.4 Å². The Bertz CT molecular complexity index is 302. The van der Waals surface area contributed by atoms with Crippen LogP contribution in [0, 0.1) is 5.92 Å². The standard InChI is InChI=1S/C11H19NO3/c1-9(2)14-8-4-10(3,13)7-5-12-6-11(7,8)15-9/h7-8,12-13H,4-6H2,1-3H3/t7-,8-,10+,11+/m1/s1. The number of nitrogens with one attached hydrogen (secondary N) is 1. The van der Waals surface area contributed by atoms with Gasteiger partial charge in [-0.05, 0) is 20.8 Å². The van der Waals surface area contributed by atoms with Crippen LogP contribution in [0.4, 0.5) is 0 Å². The fourth-order valence-electron chi connectivity index (χ4n) is 3.62. The van der Waals surface area contributed by atoms with E-state index in [4.69, 9.17) is 9.47 Å². The van der Waals surface area contributed by atoms with Gasteiger partial charge in [0.05, 0.1) is 11.7 Å². The molecule has 0 amide bonds. The molecule has 0 bridgehead atoms. The van der Waals surface area contributed by atoms with E-state index in [0.717, 1.165) is 13.1 Å². The van der Waals surface area contributed by atoms with Gasteiger partial charge >= 0.3 is 0 Å². The highest BCUT2D eigenvalue weighted by Gasteiger charge is 2.69. The van der Waals surface area contributed by atoms with E-state index in [1.165, 1.54) is 0 Å².